The van der Waals surface area contributed by atoms with E-state index in [-0.39, 0.29) is 30.3 Å². The van der Waals surface area contributed by atoms with E-state index in [0.717, 1.165) is 16.5 Å². The van der Waals surface area contributed by atoms with Gasteiger partial charge in [0, 0.05) is 18.4 Å². The number of hydrogen-bond donors (Lipinski definition) is 2. The van der Waals surface area contributed by atoms with Crippen LogP contribution in [0.1, 0.15) is 16.8 Å². The molecule has 28 heavy (non-hydrogen) atoms. The smallest absolute Gasteiger partial charge is 0.250 e. The maximum atomic E-state index is 12.7. The minimum absolute atomic E-state index is 0.0975. The van der Waals surface area contributed by atoms with Gasteiger partial charge in [-0.3, -0.25) is 14.4 Å². The molecular formula is C22H19N3O3. The second-order valence-electron chi connectivity index (χ2n) is 6.80. The van der Waals surface area contributed by atoms with E-state index in [9.17, 15) is 14.4 Å². The number of primary amides is 1. The van der Waals surface area contributed by atoms with E-state index in [4.69, 9.17) is 5.73 Å². The van der Waals surface area contributed by atoms with Gasteiger partial charge < -0.3 is 16.0 Å². The Morgan fingerprint density at radius 3 is 2.50 bits per heavy atom. The van der Waals surface area contributed by atoms with Crippen molar-refractivity contribution in [3.05, 3.63) is 72.3 Å². The van der Waals surface area contributed by atoms with Crippen molar-refractivity contribution < 1.29 is 14.4 Å². The molecule has 0 bridgehead atoms. The molecular weight excluding hydrogens is 354 g/mol. The summed E-state index contributed by atoms with van der Waals surface area (Å²) in [6, 6.07) is 20.2. The molecule has 1 fully saturated rings. The lowest BCUT2D eigenvalue weighted by Crippen LogP contribution is -2.29. The van der Waals surface area contributed by atoms with Gasteiger partial charge in [0.05, 0.1) is 22.9 Å². The van der Waals surface area contributed by atoms with Crippen molar-refractivity contribution in [1.82, 2.24) is 0 Å². The number of hydrogen-bond acceptors (Lipinski definition) is 3. The lowest BCUT2D eigenvalue weighted by atomic mass is 10.1. The van der Waals surface area contributed by atoms with E-state index >= 15 is 0 Å². The molecule has 3 aromatic carbocycles. The number of nitrogens with one attached hydrogen (secondary N) is 1. The molecule has 0 unspecified atom stereocenters. The number of rotatable bonds is 4. The summed E-state index contributed by atoms with van der Waals surface area (Å²) in [5, 5.41) is 4.75. The van der Waals surface area contributed by atoms with Crippen molar-refractivity contribution in [1.29, 1.82) is 0 Å². The van der Waals surface area contributed by atoms with Crippen LogP contribution in [-0.2, 0) is 9.59 Å². The fourth-order valence-electron chi connectivity index (χ4n) is 3.60. The Labute approximate surface area is 161 Å². The van der Waals surface area contributed by atoms with E-state index in [1.807, 2.05) is 42.5 Å². The van der Waals surface area contributed by atoms with Gasteiger partial charge in [0.25, 0.3) is 5.91 Å². The zero-order valence-corrected chi connectivity index (χ0v) is 15.1. The first-order valence-corrected chi connectivity index (χ1v) is 9.02. The first-order valence-electron chi connectivity index (χ1n) is 9.02. The van der Waals surface area contributed by atoms with Gasteiger partial charge in [-0.2, -0.15) is 0 Å². The molecule has 3 N–H and O–H groups in total. The molecule has 1 aliphatic heterocycles. The third kappa shape index (κ3) is 3.20. The lowest BCUT2D eigenvalue weighted by Gasteiger charge is -2.19. The minimum atomic E-state index is -0.615. The fraction of sp³-hybridized carbons (Fsp3) is 0.136. The standard InChI is InChI=1S/C22H19N3O3/c23-21(27)17-9-3-4-10-18(17)24-22(28)15-12-20(26)25(13-15)19-11-5-7-14-6-1-2-8-16(14)19/h1-11,15H,12-13H2,(H2,23,27)(H,24,28)/t15-/m0/s1. The maximum Gasteiger partial charge on any atom is 0.250 e. The highest BCUT2D eigenvalue weighted by Crippen LogP contribution is 2.32. The van der Waals surface area contributed by atoms with Gasteiger partial charge in [0.1, 0.15) is 0 Å². The topological polar surface area (TPSA) is 92.5 Å². The number of para-hydroxylation sites is 1. The van der Waals surface area contributed by atoms with Crippen LogP contribution in [0.5, 0.6) is 0 Å². The Balaban J connectivity index is 1.57. The quantitative estimate of drug-likeness (QED) is 0.736. The van der Waals surface area contributed by atoms with Crippen LogP contribution in [0.15, 0.2) is 66.7 Å². The molecule has 4 rings (SSSR count). The molecule has 3 amide bonds. The van der Waals surface area contributed by atoms with Crippen LogP contribution < -0.4 is 16.0 Å². The molecule has 140 valence electrons. The Kier molecular flexibility index (Phi) is 4.53. The van der Waals surface area contributed by atoms with Crippen molar-refractivity contribution in [2.45, 2.75) is 6.42 Å². The van der Waals surface area contributed by atoms with Gasteiger partial charge in [-0.25, -0.2) is 0 Å². The second-order valence-corrected chi connectivity index (χ2v) is 6.80. The van der Waals surface area contributed by atoms with Crippen LogP contribution in [0.2, 0.25) is 0 Å². The lowest BCUT2D eigenvalue weighted by molar-refractivity contribution is -0.122. The Hall–Kier alpha value is -3.67. The molecule has 0 aliphatic carbocycles. The highest BCUT2D eigenvalue weighted by atomic mass is 16.2. The monoisotopic (exact) mass is 373 g/mol. The molecule has 0 aromatic heterocycles. The predicted molar refractivity (Wildman–Crippen MR) is 108 cm³/mol. The summed E-state index contributed by atoms with van der Waals surface area (Å²) in [4.78, 5) is 38.6. The first-order chi connectivity index (χ1) is 13.5. The van der Waals surface area contributed by atoms with Gasteiger partial charge >= 0.3 is 0 Å². The van der Waals surface area contributed by atoms with Crippen LogP contribution in [0, 0.1) is 5.92 Å². The minimum Gasteiger partial charge on any atom is -0.366 e. The summed E-state index contributed by atoms with van der Waals surface area (Å²) < 4.78 is 0. The van der Waals surface area contributed by atoms with Gasteiger partial charge in [0.2, 0.25) is 11.8 Å². The number of fused-ring (bicyclic) bond motifs is 1. The maximum absolute atomic E-state index is 12.7. The molecule has 1 aliphatic rings. The first kappa shape index (κ1) is 17.7. The highest BCUT2D eigenvalue weighted by Gasteiger charge is 2.36. The summed E-state index contributed by atoms with van der Waals surface area (Å²) >= 11 is 0. The number of nitrogens with zero attached hydrogens (tertiary/aromatic N) is 1. The van der Waals surface area contributed by atoms with Crippen molar-refractivity contribution >= 4 is 39.9 Å². The molecule has 6 heteroatoms. The van der Waals surface area contributed by atoms with Gasteiger partial charge in [0.15, 0.2) is 0 Å². The molecule has 1 atom stereocenters. The number of carbonyl (C=O) groups excluding carboxylic acids is 3. The average Bonchev–Trinajstić information content (AvgIpc) is 3.09. The van der Waals surface area contributed by atoms with E-state index < -0.39 is 11.8 Å². The SMILES string of the molecule is NC(=O)c1ccccc1NC(=O)[C@H]1CC(=O)N(c2cccc3ccccc23)C1. The largest absolute Gasteiger partial charge is 0.366 e. The number of amides is 3. The van der Waals surface area contributed by atoms with E-state index in [1.54, 1.807) is 29.2 Å². The summed E-state index contributed by atoms with van der Waals surface area (Å²) in [5.74, 6) is -1.52. The van der Waals surface area contributed by atoms with Crippen molar-refractivity contribution in [2.24, 2.45) is 11.7 Å². The zero-order chi connectivity index (χ0) is 19.7. The molecule has 0 saturated carbocycles. The summed E-state index contributed by atoms with van der Waals surface area (Å²) in [7, 11) is 0. The van der Waals surface area contributed by atoms with Crippen molar-refractivity contribution in [3.8, 4) is 0 Å². The average molecular weight is 373 g/mol. The van der Waals surface area contributed by atoms with Crippen LogP contribution >= 0.6 is 0 Å². The van der Waals surface area contributed by atoms with Crippen molar-refractivity contribution in [2.75, 3.05) is 16.8 Å². The third-order valence-electron chi connectivity index (χ3n) is 5.00. The molecule has 0 radical (unpaired) electrons. The second kappa shape index (κ2) is 7.15. The summed E-state index contributed by atoms with van der Waals surface area (Å²) in [5.41, 5.74) is 6.77. The number of benzene rings is 3. The zero-order valence-electron chi connectivity index (χ0n) is 15.1. The molecule has 3 aromatic rings. The van der Waals surface area contributed by atoms with Crippen molar-refractivity contribution in [3.63, 3.8) is 0 Å². The molecule has 6 nitrogen and oxygen atoms in total. The normalized spacial score (nSPS) is 16.4. The molecule has 0 spiro atoms. The fourth-order valence-corrected chi connectivity index (χ4v) is 3.60. The highest BCUT2D eigenvalue weighted by molar-refractivity contribution is 6.09. The van der Waals surface area contributed by atoms with Gasteiger partial charge in [-0.15, -0.1) is 0 Å². The van der Waals surface area contributed by atoms with Crippen LogP contribution in [0.25, 0.3) is 10.8 Å². The summed E-state index contributed by atoms with van der Waals surface area (Å²) in [6.07, 6.45) is 0.119. The number of anilines is 2. The molecule has 1 saturated heterocycles. The molecule has 1 heterocycles. The third-order valence-corrected chi connectivity index (χ3v) is 5.00. The Bertz CT molecular complexity index is 1090. The van der Waals surface area contributed by atoms with Crippen LogP contribution in [-0.4, -0.2) is 24.3 Å². The predicted octanol–water partition coefficient (Wildman–Crippen LogP) is 2.93. The Morgan fingerprint density at radius 2 is 1.68 bits per heavy atom. The summed E-state index contributed by atoms with van der Waals surface area (Å²) in [6.45, 7) is 0.289. The van der Waals surface area contributed by atoms with Gasteiger partial charge in [-0.05, 0) is 23.6 Å². The van der Waals surface area contributed by atoms with Gasteiger partial charge in [-0.1, -0.05) is 48.5 Å². The Morgan fingerprint density at radius 1 is 0.964 bits per heavy atom. The number of nitrogens with two attached hydrogens (primary N) is 1. The van der Waals surface area contributed by atoms with Crippen LogP contribution in [0.4, 0.5) is 11.4 Å². The number of carbonyl (C=O) groups is 3. The van der Waals surface area contributed by atoms with E-state index in [2.05, 4.69) is 5.32 Å². The van der Waals surface area contributed by atoms with E-state index in [0.29, 0.717) is 5.69 Å². The van der Waals surface area contributed by atoms with Crippen LogP contribution in [0.3, 0.4) is 0 Å². The van der Waals surface area contributed by atoms with E-state index in [1.165, 1.54) is 0 Å².